The minimum atomic E-state index is -0.797. The first-order valence-electron chi connectivity index (χ1n) is 27.4. The number of carbonyl (C=O) groups is 2. The maximum Gasteiger partial charge on any atom is 0.306 e. The van der Waals surface area contributed by atoms with Gasteiger partial charge in [0, 0.05) is 6.42 Å². The van der Waals surface area contributed by atoms with Crippen molar-refractivity contribution in [3.05, 3.63) is 48.6 Å². The molecule has 368 valence electrons. The Morgan fingerprint density at radius 3 is 1.35 bits per heavy atom. The smallest absolute Gasteiger partial charge is 0.306 e. The molecule has 0 heterocycles. The molecule has 6 heteroatoms. The van der Waals surface area contributed by atoms with Gasteiger partial charge < -0.3 is 20.3 Å². The molecule has 3 atom stereocenters. The normalized spacial score (nSPS) is 13.5. The number of aliphatic hydroxyl groups is 2. The largest absolute Gasteiger partial charge is 0.462 e. The zero-order chi connectivity index (χ0) is 45.9. The van der Waals surface area contributed by atoms with Crippen LogP contribution >= 0.6 is 0 Å². The summed E-state index contributed by atoms with van der Waals surface area (Å²) in [5.74, 6) is -0.507. The van der Waals surface area contributed by atoms with Crippen LogP contribution < -0.4 is 5.32 Å². The van der Waals surface area contributed by atoms with E-state index in [1.165, 1.54) is 161 Å². The number of carbonyl (C=O) groups excluding carboxylic acids is 2. The van der Waals surface area contributed by atoms with Crippen LogP contribution in [0.5, 0.6) is 0 Å². The van der Waals surface area contributed by atoms with E-state index >= 15 is 0 Å². The lowest BCUT2D eigenvalue weighted by Crippen LogP contribution is -2.46. The molecular formula is C57H105NO5. The third kappa shape index (κ3) is 46.2. The van der Waals surface area contributed by atoms with Crippen LogP contribution in [0.25, 0.3) is 0 Å². The Morgan fingerprint density at radius 2 is 0.873 bits per heavy atom. The van der Waals surface area contributed by atoms with Gasteiger partial charge in [-0.1, -0.05) is 243 Å². The van der Waals surface area contributed by atoms with Crippen LogP contribution in [-0.2, 0) is 14.3 Å². The predicted molar refractivity (Wildman–Crippen MR) is 273 cm³/mol. The molecule has 0 saturated carbocycles. The van der Waals surface area contributed by atoms with Gasteiger partial charge in [-0.2, -0.15) is 0 Å². The average Bonchev–Trinajstić information content (AvgIpc) is 3.28. The van der Waals surface area contributed by atoms with Crippen LogP contribution in [0.4, 0.5) is 0 Å². The average molecular weight is 884 g/mol. The van der Waals surface area contributed by atoms with Gasteiger partial charge >= 0.3 is 5.97 Å². The second-order valence-electron chi connectivity index (χ2n) is 18.7. The minimum absolute atomic E-state index is 0.0538. The molecule has 0 aromatic heterocycles. The monoisotopic (exact) mass is 884 g/mol. The third-order valence-electron chi connectivity index (χ3n) is 12.5. The van der Waals surface area contributed by atoms with Crippen LogP contribution in [0.1, 0.15) is 278 Å². The number of aliphatic hydroxyl groups excluding tert-OH is 2. The van der Waals surface area contributed by atoms with Crippen molar-refractivity contribution >= 4 is 11.9 Å². The Balaban J connectivity index is 4.49. The lowest BCUT2D eigenvalue weighted by atomic mass is 10.0. The summed E-state index contributed by atoms with van der Waals surface area (Å²) >= 11 is 0. The topological polar surface area (TPSA) is 95.9 Å². The highest BCUT2D eigenvalue weighted by Crippen LogP contribution is 2.18. The van der Waals surface area contributed by atoms with Crippen LogP contribution in [0.3, 0.4) is 0 Å². The van der Waals surface area contributed by atoms with Crippen molar-refractivity contribution in [2.24, 2.45) is 0 Å². The number of esters is 1. The SMILES string of the molecule is CC/C=C/C=C/C=C\CCCCCC(CC(=O)NC(CO)C(O)CCCCCCCCCCCCCCCCCC)OC(=O)CCCCCCCCC/C=C/CCCCCCCC. The number of hydrogen-bond acceptors (Lipinski definition) is 5. The van der Waals surface area contributed by atoms with Gasteiger partial charge in [0.25, 0.3) is 0 Å². The van der Waals surface area contributed by atoms with Gasteiger partial charge in [-0.3, -0.25) is 9.59 Å². The third-order valence-corrected chi connectivity index (χ3v) is 12.5. The molecule has 63 heavy (non-hydrogen) atoms. The summed E-state index contributed by atoms with van der Waals surface area (Å²) in [5.41, 5.74) is 0. The number of ether oxygens (including phenoxy) is 1. The molecule has 0 spiro atoms. The summed E-state index contributed by atoms with van der Waals surface area (Å²) in [7, 11) is 0. The van der Waals surface area contributed by atoms with E-state index in [1.54, 1.807) is 0 Å². The fourth-order valence-corrected chi connectivity index (χ4v) is 8.31. The molecule has 0 aromatic carbocycles. The molecule has 3 unspecified atom stereocenters. The van der Waals surface area contributed by atoms with Crippen molar-refractivity contribution in [2.45, 2.75) is 296 Å². The second-order valence-corrected chi connectivity index (χ2v) is 18.7. The van der Waals surface area contributed by atoms with Gasteiger partial charge in [0.15, 0.2) is 0 Å². The number of allylic oxidation sites excluding steroid dienone is 8. The number of unbranched alkanes of at least 4 members (excludes halogenated alkanes) is 31. The Morgan fingerprint density at radius 1 is 0.476 bits per heavy atom. The van der Waals surface area contributed by atoms with E-state index in [0.29, 0.717) is 19.3 Å². The van der Waals surface area contributed by atoms with E-state index in [2.05, 4.69) is 68.6 Å². The predicted octanol–water partition coefficient (Wildman–Crippen LogP) is 16.6. The van der Waals surface area contributed by atoms with E-state index in [4.69, 9.17) is 4.74 Å². The van der Waals surface area contributed by atoms with E-state index in [1.807, 2.05) is 6.08 Å². The molecule has 0 aromatic rings. The van der Waals surface area contributed by atoms with Crippen LogP contribution in [-0.4, -0.2) is 46.9 Å². The molecule has 0 bridgehead atoms. The first-order valence-corrected chi connectivity index (χ1v) is 27.4. The first-order chi connectivity index (χ1) is 31.0. The van der Waals surface area contributed by atoms with Gasteiger partial charge in [0.05, 0.1) is 25.2 Å². The standard InChI is InChI=1S/C57H105NO5/c1-4-7-10-13-16-19-22-24-26-28-30-32-35-38-41-44-47-50-57(62)63-53(48-45-42-39-36-33-21-18-15-12-9-6-3)51-56(61)58-54(52-59)55(60)49-46-43-40-37-34-31-29-27-25-23-20-17-14-11-8-5-2/h9,12,15,18,21,24,26,33,53-55,59-60H,4-8,10-11,13-14,16-17,19-20,22-23,25,27-32,34-52H2,1-3H3,(H,58,61)/b12-9+,18-15+,26-24+,33-21-. The molecule has 0 aliphatic heterocycles. The van der Waals surface area contributed by atoms with Crippen LogP contribution in [0, 0.1) is 0 Å². The molecule has 0 aliphatic rings. The number of rotatable bonds is 49. The number of nitrogens with one attached hydrogen (secondary N) is 1. The molecule has 0 radical (unpaired) electrons. The molecule has 1 amide bonds. The van der Waals surface area contributed by atoms with E-state index in [-0.39, 0.29) is 24.9 Å². The van der Waals surface area contributed by atoms with Crippen molar-refractivity contribution < 1.29 is 24.5 Å². The van der Waals surface area contributed by atoms with Crippen molar-refractivity contribution in [1.82, 2.24) is 5.32 Å². The summed E-state index contributed by atoms with van der Waals surface area (Å²) in [5, 5.41) is 23.8. The van der Waals surface area contributed by atoms with Gasteiger partial charge in [-0.25, -0.2) is 0 Å². The summed E-state index contributed by atoms with van der Waals surface area (Å²) < 4.78 is 5.92. The van der Waals surface area contributed by atoms with Crippen molar-refractivity contribution in [3.8, 4) is 0 Å². The minimum Gasteiger partial charge on any atom is -0.462 e. The lowest BCUT2D eigenvalue weighted by Gasteiger charge is -2.24. The summed E-state index contributed by atoms with van der Waals surface area (Å²) in [4.78, 5) is 26.2. The fraction of sp³-hybridized carbons (Fsp3) is 0.825. The van der Waals surface area contributed by atoms with Crippen molar-refractivity contribution in [1.29, 1.82) is 0 Å². The summed E-state index contributed by atoms with van der Waals surface area (Å²) in [6, 6.07) is -0.713. The van der Waals surface area contributed by atoms with Gasteiger partial charge in [-0.05, 0) is 70.6 Å². The van der Waals surface area contributed by atoms with Crippen LogP contribution in [0.15, 0.2) is 48.6 Å². The lowest BCUT2D eigenvalue weighted by molar-refractivity contribution is -0.151. The van der Waals surface area contributed by atoms with Crippen molar-refractivity contribution in [3.63, 3.8) is 0 Å². The highest BCUT2D eigenvalue weighted by atomic mass is 16.5. The zero-order valence-corrected chi connectivity index (χ0v) is 42.0. The maximum atomic E-state index is 13.2. The van der Waals surface area contributed by atoms with Gasteiger partial charge in [0.1, 0.15) is 6.10 Å². The van der Waals surface area contributed by atoms with Crippen LogP contribution in [0.2, 0.25) is 0 Å². The second kappa shape index (κ2) is 50.8. The molecule has 3 N–H and O–H groups in total. The van der Waals surface area contributed by atoms with E-state index < -0.39 is 18.2 Å². The number of hydrogen-bond donors (Lipinski definition) is 3. The highest BCUT2D eigenvalue weighted by molar-refractivity contribution is 5.77. The molecule has 0 aliphatic carbocycles. The Kier molecular flexibility index (Phi) is 49.1. The molecular weight excluding hydrogens is 779 g/mol. The zero-order valence-electron chi connectivity index (χ0n) is 42.0. The summed E-state index contributed by atoms with van der Waals surface area (Å²) in [6.45, 7) is 6.35. The molecule has 0 saturated heterocycles. The number of amides is 1. The highest BCUT2D eigenvalue weighted by Gasteiger charge is 2.24. The Hall–Kier alpha value is -2.18. The van der Waals surface area contributed by atoms with Gasteiger partial charge in [0.2, 0.25) is 5.91 Å². The first kappa shape index (κ1) is 60.8. The molecule has 0 rings (SSSR count). The molecule has 6 nitrogen and oxygen atoms in total. The molecule has 0 fully saturated rings. The fourth-order valence-electron chi connectivity index (χ4n) is 8.31. The Bertz CT molecular complexity index is 1080. The van der Waals surface area contributed by atoms with Crippen molar-refractivity contribution in [2.75, 3.05) is 6.61 Å². The summed E-state index contributed by atoms with van der Waals surface area (Å²) in [6.07, 6.45) is 61.8. The maximum absolute atomic E-state index is 13.2. The Labute approximate surface area is 391 Å². The van der Waals surface area contributed by atoms with Gasteiger partial charge in [-0.15, -0.1) is 0 Å². The quantitative estimate of drug-likeness (QED) is 0.0245. The van der Waals surface area contributed by atoms with E-state index in [9.17, 15) is 19.8 Å². The van der Waals surface area contributed by atoms with E-state index in [0.717, 1.165) is 70.6 Å².